The molecule has 2 nitrogen and oxygen atoms in total. The fourth-order valence-corrected chi connectivity index (χ4v) is 2.39. The molecule has 0 aliphatic carbocycles. The van der Waals surface area contributed by atoms with E-state index in [1.54, 1.807) is 6.07 Å². The molecule has 1 unspecified atom stereocenters. The summed E-state index contributed by atoms with van der Waals surface area (Å²) in [6.07, 6.45) is 0. The molecule has 0 radical (unpaired) electrons. The second-order valence-electron chi connectivity index (χ2n) is 4.83. The number of benzene rings is 2. The Balaban J connectivity index is 2.16. The van der Waals surface area contributed by atoms with Crippen molar-refractivity contribution in [3.05, 3.63) is 70.5 Å². The van der Waals surface area contributed by atoms with Crippen LogP contribution in [-0.4, -0.2) is 18.5 Å². The molecule has 0 bridgehead atoms. The van der Waals surface area contributed by atoms with Crippen LogP contribution in [0.2, 0.25) is 5.02 Å². The van der Waals surface area contributed by atoms with Crippen molar-refractivity contribution in [1.29, 1.82) is 0 Å². The maximum Gasteiger partial charge on any atom is 0.142 e. The average molecular weight is 293 g/mol. The number of hydrogen-bond acceptors (Lipinski definition) is 2. The zero-order valence-corrected chi connectivity index (χ0v) is 12.1. The van der Waals surface area contributed by atoms with E-state index in [1.807, 2.05) is 31.3 Å². The molecule has 2 rings (SSSR count). The molecule has 2 aromatic rings. The smallest absolute Gasteiger partial charge is 0.142 e. The minimum absolute atomic E-state index is 0.0398. The number of halogens is 2. The molecule has 20 heavy (non-hydrogen) atoms. The van der Waals surface area contributed by atoms with Crippen molar-refractivity contribution < 1.29 is 4.39 Å². The summed E-state index contributed by atoms with van der Waals surface area (Å²) in [5.41, 5.74) is 7.89. The van der Waals surface area contributed by atoms with Gasteiger partial charge in [-0.1, -0.05) is 48.0 Å². The van der Waals surface area contributed by atoms with E-state index in [2.05, 4.69) is 17.0 Å². The summed E-state index contributed by atoms with van der Waals surface area (Å²) in [5, 5.41) is 0.134. The second-order valence-corrected chi connectivity index (χ2v) is 5.23. The Hall–Kier alpha value is -1.42. The topological polar surface area (TPSA) is 29.3 Å². The molecule has 0 saturated carbocycles. The van der Waals surface area contributed by atoms with Gasteiger partial charge in [-0.2, -0.15) is 0 Å². The lowest BCUT2D eigenvalue weighted by Crippen LogP contribution is -2.30. The van der Waals surface area contributed by atoms with E-state index in [4.69, 9.17) is 17.3 Å². The highest BCUT2D eigenvalue weighted by atomic mass is 35.5. The Morgan fingerprint density at radius 1 is 1.20 bits per heavy atom. The highest BCUT2D eigenvalue weighted by Crippen LogP contribution is 2.24. The Kier molecular flexibility index (Phi) is 5.12. The first-order chi connectivity index (χ1) is 9.61. The Bertz CT molecular complexity index is 560. The van der Waals surface area contributed by atoms with E-state index < -0.39 is 5.82 Å². The summed E-state index contributed by atoms with van der Waals surface area (Å²) in [4.78, 5) is 2.11. The Labute approximate surface area is 124 Å². The first kappa shape index (κ1) is 15.0. The van der Waals surface area contributed by atoms with E-state index in [0.717, 1.165) is 12.1 Å². The Morgan fingerprint density at radius 3 is 2.50 bits per heavy atom. The van der Waals surface area contributed by atoms with Crippen molar-refractivity contribution in [1.82, 2.24) is 4.90 Å². The van der Waals surface area contributed by atoms with Crippen LogP contribution in [0.3, 0.4) is 0 Å². The van der Waals surface area contributed by atoms with Crippen LogP contribution < -0.4 is 5.73 Å². The molecule has 2 aromatic carbocycles. The van der Waals surface area contributed by atoms with Gasteiger partial charge in [0.05, 0.1) is 5.02 Å². The molecule has 0 aromatic heterocycles. The summed E-state index contributed by atoms with van der Waals surface area (Å²) < 4.78 is 13.6. The number of hydrogen-bond donors (Lipinski definition) is 1. The molecule has 2 N–H and O–H groups in total. The molecule has 0 heterocycles. The zero-order chi connectivity index (χ0) is 14.5. The molecular formula is C16H18ClFN2. The SMILES string of the molecule is CN(Cc1ccccc1)C(CN)c1ccc(Cl)c(F)c1. The van der Waals surface area contributed by atoms with Crippen molar-refractivity contribution in [3.63, 3.8) is 0 Å². The average Bonchev–Trinajstić information content (AvgIpc) is 2.44. The van der Waals surface area contributed by atoms with Gasteiger partial charge in [0.1, 0.15) is 5.82 Å². The van der Waals surface area contributed by atoms with Crippen LogP contribution in [0.1, 0.15) is 17.2 Å². The largest absolute Gasteiger partial charge is 0.329 e. The lowest BCUT2D eigenvalue weighted by atomic mass is 10.0. The number of nitrogens with two attached hydrogens (primary N) is 1. The minimum atomic E-state index is -0.407. The summed E-state index contributed by atoms with van der Waals surface area (Å²) in [6.45, 7) is 1.18. The van der Waals surface area contributed by atoms with Gasteiger partial charge in [0.2, 0.25) is 0 Å². The molecule has 0 aliphatic heterocycles. The van der Waals surface area contributed by atoms with Crippen LogP contribution >= 0.6 is 11.6 Å². The second kappa shape index (κ2) is 6.84. The van der Waals surface area contributed by atoms with Crippen LogP contribution in [0.25, 0.3) is 0 Å². The predicted octanol–water partition coefficient (Wildman–Crippen LogP) is 3.61. The van der Waals surface area contributed by atoms with Crippen LogP contribution in [0.5, 0.6) is 0 Å². The van der Waals surface area contributed by atoms with Crippen molar-refractivity contribution >= 4 is 11.6 Å². The molecular weight excluding hydrogens is 275 g/mol. The quantitative estimate of drug-likeness (QED) is 0.912. The van der Waals surface area contributed by atoms with Crippen molar-refractivity contribution in [2.75, 3.05) is 13.6 Å². The molecule has 4 heteroatoms. The van der Waals surface area contributed by atoms with E-state index in [0.29, 0.717) is 6.54 Å². The van der Waals surface area contributed by atoms with Gasteiger partial charge < -0.3 is 5.73 Å². The van der Waals surface area contributed by atoms with Crippen molar-refractivity contribution in [2.24, 2.45) is 5.73 Å². The standard InChI is InChI=1S/C16H18ClFN2/c1-20(11-12-5-3-2-4-6-12)16(10-19)13-7-8-14(17)15(18)9-13/h2-9,16H,10-11,19H2,1H3. The molecule has 0 aliphatic rings. The maximum absolute atomic E-state index is 13.6. The van der Waals surface area contributed by atoms with Gasteiger partial charge in [-0.15, -0.1) is 0 Å². The third kappa shape index (κ3) is 3.57. The first-order valence-electron chi connectivity index (χ1n) is 6.51. The third-order valence-corrected chi connectivity index (χ3v) is 3.67. The number of rotatable bonds is 5. The molecule has 1 atom stereocenters. The highest BCUT2D eigenvalue weighted by molar-refractivity contribution is 6.30. The van der Waals surface area contributed by atoms with Gasteiger partial charge in [0.15, 0.2) is 0 Å². The predicted molar refractivity (Wildman–Crippen MR) is 81.1 cm³/mol. The van der Waals surface area contributed by atoms with E-state index in [9.17, 15) is 4.39 Å². The lowest BCUT2D eigenvalue weighted by molar-refractivity contribution is 0.241. The normalized spacial score (nSPS) is 12.7. The summed E-state index contributed by atoms with van der Waals surface area (Å²) in [5.74, 6) is -0.407. The Morgan fingerprint density at radius 2 is 1.90 bits per heavy atom. The van der Waals surface area contributed by atoms with Gasteiger partial charge in [0, 0.05) is 19.1 Å². The molecule has 0 fully saturated rings. The third-order valence-electron chi connectivity index (χ3n) is 3.36. The van der Waals surface area contributed by atoms with Crippen LogP contribution in [0.4, 0.5) is 4.39 Å². The monoisotopic (exact) mass is 292 g/mol. The maximum atomic E-state index is 13.6. The van der Waals surface area contributed by atoms with Gasteiger partial charge in [-0.25, -0.2) is 4.39 Å². The fourth-order valence-electron chi connectivity index (χ4n) is 2.27. The van der Waals surface area contributed by atoms with E-state index in [1.165, 1.54) is 11.6 Å². The van der Waals surface area contributed by atoms with Crippen LogP contribution in [-0.2, 0) is 6.54 Å². The van der Waals surface area contributed by atoms with Gasteiger partial charge in [0.25, 0.3) is 0 Å². The van der Waals surface area contributed by atoms with Crippen LogP contribution in [0, 0.1) is 5.82 Å². The minimum Gasteiger partial charge on any atom is -0.329 e. The summed E-state index contributed by atoms with van der Waals surface area (Å²) in [6, 6.07) is 14.9. The summed E-state index contributed by atoms with van der Waals surface area (Å²) >= 11 is 5.72. The van der Waals surface area contributed by atoms with Crippen molar-refractivity contribution in [2.45, 2.75) is 12.6 Å². The van der Waals surface area contributed by atoms with Gasteiger partial charge >= 0.3 is 0 Å². The molecule has 106 valence electrons. The zero-order valence-electron chi connectivity index (χ0n) is 11.4. The van der Waals surface area contributed by atoms with Crippen LogP contribution in [0.15, 0.2) is 48.5 Å². The number of nitrogens with zero attached hydrogens (tertiary/aromatic N) is 1. The molecule has 0 spiro atoms. The fraction of sp³-hybridized carbons (Fsp3) is 0.250. The van der Waals surface area contributed by atoms with E-state index in [-0.39, 0.29) is 11.1 Å². The summed E-state index contributed by atoms with van der Waals surface area (Å²) in [7, 11) is 1.98. The van der Waals surface area contributed by atoms with Gasteiger partial charge in [-0.05, 0) is 30.3 Å². The van der Waals surface area contributed by atoms with Gasteiger partial charge in [-0.3, -0.25) is 4.90 Å². The van der Waals surface area contributed by atoms with Crippen molar-refractivity contribution in [3.8, 4) is 0 Å². The number of likely N-dealkylation sites (N-methyl/N-ethyl adjacent to an activating group) is 1. The highest BCUT2D eigenvalue weighted by Gasteiger charge is 2.17. The lowest BCUT2D eigenvalue weighted by Gasteiger charge is -2.27. The molecule has 0 saturated heterocycles. The van der Waals surface area contributed by atoms with E-state index >= 15 is 0 Å². The molecule has 0 amide bonds. The first-order valence-corrected chi connectivity index (χ1v) is 6.89.